The van der Waals surface area contributed by atoms with Crippen molar-refractivity contribution in [2.45, 2.75) is 38.6 Å². The van der Waals surface area contributed by atoms with Crippen LogP contribution in [0.1, 0.15) is 35.5 Å². The summed E-state index contributed by atoms with van der Waals surface area (Å²) in [7, 11) is -4.24. The van der Waals surface area contributed by atoms with Crippen LogP contribution in [0, 0.1) is 29.8 Å². The third kappa shape index (κ3) is 6.16. The van der Waals surface area contributed by atoms with Crippen LogP contribution in [-0.2, 0) is 10.0 Å². The fourth-order valence-corrected chi connectivity index (χ4v) is 5.18. The highest BCUT2D eigenvalue weighted by Gasteiger charge is 2.28. The number of hydrogen-bond donors (Lipinski definition) is 2. The van der Waals surface area contributed by atoms with Crippen molar-refractivity contribution in [1.82, 2.24) is 14.5 Å². The van der Waals surface area contributed by atoms with E-state index in [0.717, 1.165) is 17.7 Å². The van der Waals surface area contributed by atoms with E-state index in [1.54, 1.807) is 32.9 Å². The third-order valence-electron chi connectivity index (χ3n) is 5.69. The Balaban J connectivity index is 1.84. The summed E-state index contributed by atoms with van der Waals surface area (Å²) in [6.45, 7) is 6.68. The summed E-state index contributed by atoms with van der Waals surface area (Å²) in [6, 6.07) is 15.0. The van der Waals surface area contributed by atoms with E-state index in [1.807, 2.05) is 19.1 Å². The molecule has 13 heteroatoms. The number of non-ortho nitro benzene ring substituents is 1. The molecule has 1 amide bonds. The van der Waals surface area contributed by atoms with Gasteiger partial charge in [0.05, 0.1) is 10.6 Å². The standard InChI is InChI=1S/C27H26FN5O6S/c1-16(2)31-40(37,38)24-15-22(33(35)36)13-14-23(24)39-27-18(4)25(26(34)29-20-9-7-19(28)8-10-20)30-32(27)21-11-5-17(3)6-12-21/h5-16,31H,1-4H3,(H,29,34). The number of nitro groups is 1. The van der Waals surface area contributed by atoms with Gasteiger partial charge in [0.25, 0.3) is 11.6 Å². The Bertz CT molecular complexity index is 1680. The van der Waals surface area contributed by atoms with E-state index in [-0.39, 0.29) is 22.9 Å². The second-order valence-electron chi connectivity index (χ2n) is 9.25. The number of anilines is 1. The Morgan fingerprint density at radius 3 is 2.30 bits per heavy atom. The van der Waals surface area contributed by atoms with Crippen molar-refractivity contribution in [3.63, 3.8) is 0 Å². The van der Waals surface area contributed by atoms with E-state index in [4.69, 9.17) is 4.74 Å². The Morgan fingerprint density at radius 2 is 1.70 bits per heavy atom. The molecule has 0 aliphatic rings. The monoisotopic (exact) mass is 567 g/mol. The van der Waals surface area contributed by atoms with Gasteiger partial charge in [-0.15, -0.1) is 0 Å². The van der Waals surface area contributed by atoms with Crippen molar-refractivity contribution in [2.75, 3.05) is 5.32 Å². The van der Waals surface area contributed by atoms with Crippen molar-refractivity contribution in [1.29, 1.82) is 0 Å². The summed E-state index contributed by atoms with van der Waals surface area (Å²) in [5.41, 5.74) is 1.59. The molecule has 0 fully saturated rings. The molecule has 1 aromatic heterocycles. The largest absolute Gasteiger partial charge is 0.437 e. The zero-order valence-corrected chi connectivity index (χ0v) is 22.8. The van der Waals surface area contributed by atoms with E-state index in [0.29, 0.717) is 11.4 Å². The summed E-state index contributed by atoms with van der Waals surface area (Å²) < 4.78 is 49.4. The van der Waals surface area contributed by atoms with Crippen LogP contribution in [0.15, 0.2) is 71.6 Å². The number of halogens is 1. The van der Waals surface area contributed by atoms with Crippen LogP contribution in [0.2, 0.25) is 0 Å². The average Bonchev–Trinajstić information content (AvgIpc) is 3.21. The lowest BCUT2D eigenvalue weighted by molar-refractivity contribution is -0.385. The molecule has 3 aromatic carbocycles. The van der Waals surface area contributed by atoms with Crippen LogP contribution in [0.25, 0.3) is 5.69 Å². The van der Waals surface area contributed by atoms with Crippen LogP contribution in [-0.4, -0.2) is 35.1 Å². The van der Waals surface area contributed by atoms with Gasteiger partial charge in [0, 0.05) is 29.4 Å². The Morgan fingerprint density at radius 1 is 1.05 bits per heavy atom. The number of ether oxygens (including phenoxy) is 1. The molecule has 0 spiro atoms. The lowest BCUT2D eigenvalue weighted by Crippen LogP contribution is -2.30. The molecule has 0 atom stereocenters. The highest BCUT2D eigenvalue weighted by atomic mass is 32.2. The summed E-state index contributed by atoms with van der Waals surface area (Å²) >= 11 is 0. The number of aryl methyl sites for hydroxylation is 1. The van der Waals surface area contributed by atoms with Gasteiger partial charge >= 0.3 is 0 Å². The Kier molecular flexibility index (Phi) is 7.98. The van der Waals surface area contributed by atoms with Gasteiger partial charge in [0.1, 0.15) is 16.5 Å². The SMILES string of the molecule is Cc1ccc(-n2nc(C(=O)Nc3ccc(F)cc3)c(C)c2Oc2ccc([N+](=O)[O-])cc2S(=O)(=O)NC(C)C)cc1. The van der Waals surface area contributed by atoms with Gasteiger partial charge in [-0.1, -0.05) is 17.7 Å². The second-order valence-corrected chi connectivity index (χ2v) is 10.9. The summed E-state index contributed by atoms with van der Waals surface area (Å²) in [5, 5.41) is 18.5. The number of sulfonamides is 1. The van der Waals surface area contributed by atoms with E-state index < -0.39 is 43.3 Å². The smallest absolute Gasteiger partial charge is 0.276 e. The average molecular weight is 568 g/mol. The van der Waals surface area contributed by atoms with Crippen LogP contribution in [0.5, 0.6) is 11.6 Å². The molecule has 0 saturated carbocycles. The zero-order chi connectivity index (χ0) is 29.2. The normalized spacial score (nSPS) is 11.4. The first-order chi connectivity index (χ1) is 18.9. The molecular formula is C27H26FN5O6S. The van der Waals surface area contributed by atoms with Crippen LogP contribution in [0.3, 0.4) is 0 Å². The predicted molar refractivity (Wildman–Crippen MR) is 146 cm³/mol. The number of carbonyl (C=O) groups is 1. The molecule has 0 aliphatic heterocycles. The van der Waals surface area contributed by atoms with Crippen LogP contribution in [0.4, 0.5) is 15.8 Å². The summed E-state index contributed by atoms with van der Waals surface area (Å²) in [5.74, 6) is -1.27. The van der Waals surface area contributed by atoms with Gasteiger partial charge in [0.2, 0.25) is 15.9 Å². The molecule has 0 radical (unpaired) electrons. The van der Waals surface area contributed by atoms with Crippen molar-refractivity contribution < 1.29 is 27.3 Å². The van der Waals surface area contributed by atoms with Gasteiger partial charge in [-0.05, 0) is 70.2 Å². The molecule has 0 aliphatic carbocycles. The molecule has 0 unspecified atom stereocenters. The number of aromatic nitrogens is 2. The highest BCUT2D eigenvalue weighted by Crippen LogP contribution is 2.36. The quantitative estimate of drug-likeness (QED) is 0.207. The topological polar surface area (TPSA) is 145 Å². The van der Waals surface area contributed by atoms with Gasteiger partial charge < -0.3 is 10.1 Å². The lowest BCUT2D eigenvalue weighted by Gasteiger charge is -2.15. The van der Waals surface area contributed by atoms with Gasteiger partial charge in [-0.25, -0.2) is 17.5 Å². The molecule has 4 rings (SSSR count). The minimum atomic E-state index is -4.24. The zero-order valence-electron chi connectivity index (χ0n) is 22.0. The number of benzene rings is 3. The van der Waals surface area contributed by atoms with Crippen molar-refractivity contribution >= 4 is 27.3 Å². The van der Waals surface area contributed by atoms with Crippen molar-refractivity contribution in [3.05, 3.63) is 99.5 Å². The maximum atomic E-state index is 13.3. The number of nitro benzene ring substituents is 1. The number of amides is 1. The molecule has 2 N–H and O–H groups in total. The molecule has 208 valence electrons. The molecule has 0 bridgehead atoms. The molecular weight excluding hydrogens is 541 g/mol. The van der Waals surface area contributed by atoms with Gasteiger partial charge in [-0.2, -0.15) is 9.78 Å². The van der Waals surface area contributed by atoms with Gasteiger partial charge in [-0.3, -0.25) is 14.9 Å². The Hall–Kier alpha value is -4.62. The molecule has 40 heavy (non-hydrogen) atoms. The van der Waals surface area contributed by atoms with E-state index >= 15 is 0 Å². The lowest BCUT2D eigenvalue weighted by atomic mass is 10.2. The maximum Gasteiger partial charge on any atom is 0.276 e. The number of nitrogens with zero attached hydrogens (tertiary/aromatic N) is 3. The number of rotatable bonds is 9. The first-order valence-electron chi connectivity index (χ1n) is 12.1. The maximum absolute atomic E-state index is 13.3. The second kappa shape index (κ2) is 11.2. The Labute approximate surface area is 229 Å². The van der Waals surface area contributed by atoms with Crippen LogP contribution < -0.4 is 14.8 Å². The predicted octanol–water partition coefficient (Wildman–Crippen LogP) is 5.27. The van der Waals surface area contributed by atoms with E-state index in [1.165, 1.54) is 35.0 Å². The molecule has 11 nitrogen and oxygen atoms in total. The number of hydrogen-bond acceptors (Lipinski definition) is 7. The van der Waals surface area contributed by atoms with Crippen molar-refractivity contribution in [3.8, 4) is 17.3 Å². The number of nitrogens with one attached hydrogen (secondary N) is 2. The summed E-state index contributed by atoms with van der Waals surface area (Å²) in [6.07, 6.45) is 0. The first kappa shape index (κ1) is 28.4. The molecule has 1 heterocycles. The molecule has 0 saturated heterocycles. The van der Waals surface area contributed by atoms with E-state index in [2.05, 4.69) is 15.1 Å². The van der Waals surface area contributed by atoms with Crippen LogP contribution >= 0.6 is 0 Å². The molecule has 4 aromatic rings. The fourth-order valence-electron chi connectivity index (χ4n) is 3.78. The highest BCUT2D eigenvalue weighted by molar-refractivity contribution is 7.89. The number of carbonyl (C=O) groups excluding carboxylic acids is 1. The van der Waals surface area contributed by atoms with Gasteiger partial charge in [0.15, 0.2) is 5.69 Å². The fraction of sp³-hybridized carbons (Fsp3) is 0.185. The first-order valence-corrected chi connectivity index (χ1v) is 13.6. The van der Waals surface area contributed by atoms with E-state index in [9.17, 15) is 27.7 Å². The van der Waals surface area contributed by atoms with Crippen molar-refractivity contribution in [2.24, 2.45) is 0 Å². The third-order valence-corrected chi connectivity index (χ3v) is 7.37. The minimum absolute atomic E-state index is 0.0166. The summed E-state index contributed by atoms with van der Waals surface area (Å²) in [4.78, 5) is 23.4. The minimum Gasteiger partial charge on any atom is -0.437 e.